The highest BCUT2D eigenvalue weighted by Crippen LogP contribution is 2.09. The number of pyridine rings is 1. The second-order valence-electron chi connectivity index (χ2n) is 4.04. The van der Waals surface area contributed by atoms with E-state index in [0.29, 0.717) is 6.04 Å². The monoisotopic (exact) mass is 216 g/mol. The predicted octanol–water partition coefficient (Wildman–Crippen LogP) is 1.61. The highest BCUT2D eigenvalue weighted by molar-refractivity contribution is 5.78. The molecule has 0 aliphatic carbocycles. The number of nitrogens with zero attached hydrogens (tertiary/aromatic N) is 1. The van der Waals surface area contributed by atoms with Gasteiger partial charge in [0.1, 0.15) is 0 Å². The first-order valence-electron chi connectivity index (χ1n) is 5.48. The Morgan fingerprint density at radius 2 is 2.06 bits per heavy atom. The SMILES string of the molecule is CNC(C)Cn1ccc(=O)c2ccccc21. The quantitative estimate of drug-likeness (QED) is 0.845. The molecule has 0 aliphatic rings. The predicted molar refractivity (Wildman–Crippen MR) is 66.7 cm³/mol. The summed E-state index contributed by atoms with van der Waals surface area (Å²) in [6.07, 6.45) is 1.86. The highest BCUT2D eigenvalue weighted by Gasteiger charge is 2.04. The van der Waals surface area contributed by atoms with Gasteiger partial charge in [0, 0.05) is 30.2 Å². The molecule has 2 aromatic rings. The van der Waals surface area contributed by atoms with Crippen LogP contribution in [-0.2, 0) is 6.54 Å². The van der Waals surface area contributed by atoms with Crippen LogP contribution in [-0.4, -0.2) is 17.7 Å². The molecule has 0 bridgehead atoms. The van der Waals surface area contributed by atoms with Crippen molar-refractivity contribution in [1.82, 2.24) is 9.88 Å². The average molecular weight is 216 g/mol. The lowest BCUT2D eigenvalue weighted by Crippen LogP contribution is -2.27. The number of para-hydroxylation sites is 1. The van der Waals surface area contributed by atoms with Crippen LogP contribution in [0.3, 0.4) is 0 Å². The molecule has 0 saturated carbocycles. The zero-order valence-corrected chi connectivity index (χ0v) is 9.60. The summed E-state index contributed by atoms with van der Waals surface area (Å²) >= 11 is 0. The number of nitrogens with one attached hydrogen (secondary N) is 1. The van der Waals surface area contributed by atoms with Crippen molar-refractivity contribution in [3.63, 3.8) is 0 Å². The van der Waals surface area contributed by atoms with Crippen LogP contribution in [0.25, 0.3) is 10.9 Å². The van der Waals surface area contributed by atoms with E-state index in [2.05, 4.69) is 16.8 Å². The Kier molecular flexibility index (Phi) is 3.06. The standard InChI is InChI=1S/C13H16N2O/c1-10(14-2)9-15-8-7-13(16)11-5-3-4-6-12(11)15/h3-8,10,14H,9H2,1-2H3. The molecule has 0 spiro atoms. The van der Waals surface area contributed by atoms with Gasteiger partial charge in [-0.2, -0.15) is 0 Å². The summed E-state index contributed by atoms with van der Waals surface area (Å²) < 4.78 is 2.11. The van der Waals surface area contributed by atoms with Crippen molar-refractivity contribution in [3.8, 4) is 0 Å². The lowest BCUT2D eigenvalue weighted by molar-refractivity contribution is 0.523. The minimum atomic E-state index is 0.0870. The van der Waals surface area contributed by atoms with Crippen molar-refractivity contribution in [1.29, 1.82) is 0 Å². The second kappa shape index (κ2) is 4.49. The maximum absolute atomic E-state index is 11.7. The summed E-state index contributed by atoms with van der Waals surface area (Å²) in [6, 6.07) is 9.73. The molecule has 16 heavy (non-hydrogen) atoms. The maximum Gasteiger partial charge on any atom is 0.189 e. The number of rotatable bonds is 3. The molecule has 1 aromatic carbocycles. The smallest absolute Gasteiger partial charge is 0.189 e. The first-order chi connectivity index (χ1) is 7.72. The van der Waals surface area contributed by atoms with Crippen molar-refractivity contribution in [2.24, 2.45) is 0 Å². The van der Waals surface area contributed by atoms with Crippen LogP contribution in [0.5, 0.6) is 0 Å². The van der Waals surface area contributed by atoms with Gasteiger partial charge in [-0.1, -0.05) is 12.1 Å². The van der Waals surface area contributed by atoms with Crippen molar-refractivity contribution >= 4 is 10.9 Å². The third-order valence-corrected chi connectivity index (χ3v) is 2.85. The lowest BCUT2D eigenvalue weighted by Gasteiger charge is -2.15. The number of likely N-dealkylation sites (N-methyl/N-ethyl adjacent to an activating group) is 1. The van der Waals surface area contributed by atoms with Crippen LogP contribution >= 0.6 is 0 Å². The fourth-order valence-corrected chi connectivity index (χ4v) is 1.81. The van der Waals surface area contributed by atoms with Crippen LogP contribution < -0.4 is 10.7 Å². The first-order valence-corrected chi connectivity index (χ1v) is 5.48. The van der Waals surface area contributed by atoms with E-state index in [9.17, 15) is 4.79 Å². The maximum atomic E-state index is 11.7. The molecule has 1 N–H and O–H groups in total. The Morgan fingerprint density at radius 3 is 2.81 bits per heavy atom. The molecule has 0 saturated heterocycles. The van der Waals surface area contributed by atoms with Gasteiger partial charge in [-0.05, 0) is 26.1 Å². The molecule has 1 heterocycles. The topological polar surface area (TPSA) is 34.0 Å². The molecule has 3 heteroatoms. The molecule has 0 radical (unpaired) electrons. The number of fused-ring (bicyclic) bond motifs is 1. The van der Waals surface area contributed by atoms with Crippen molar-refractivity contribution in [3.05, 3.63) is 46.8 Å². The summed E-state index contributed by atoms with van der Waals surface area (Å²) in [7, 11) is 1.94. The largest absolute Gasteiger partial charge is 0.346 e. The van der Waals surface area contributed by atoms with Gasteiger partial charge in [0.2, 0.25) is 0 Å². The summed E-state index contributed by atoms with van der Waals surface area (Å²) in [6.45, 7) is 2.98. The Bertz CT molecular complexity index is 545. The van der Waals surface area contributed by atoms with Gasteiger partial charge in [0.05, 0.1) is 5.52 Å². The Balaban J connectivity index is 2.54. The zero-order chi connectivity index (χ0) is 11.5. The summed E-state index contributed by atoms with van der Waals surface area (Å²) in [4.78, 5) is 11.7. The summed E-state index contributed by atoms with van der Waals surface area (Å²) in [5, 5.41) is 3.98. The fraction of sp³-hybridized carbons (Fsp3) is 0.308. The summed E-state index contributed by atoms with van der Waals surface area (Å²) in [5.74, 6) is 0. The lowest BCUT2D eigenvalue weighted by atomic mass is 10.2. The normalized spacial score (nSPS) is 12.9. The zero-order valence-electron chi connectivity index (χ0n) is 9.60. The van der Waals surface area contributed by atoms with Gasteiger partial charge in [-0.25, -0.2) is 0 Å². The van der Waals surface area contributed by atoms with Crippen molar-refractivity contribution in [2.45, 2.75) is 19.5 Å². The van der Waals surface area contributed by atoms with Crippen LogP contribution in [0.1, 0.15) is 6.92 Å². The summed E-state index contributed by atoms with van der Waals surface area (Å²) in [5.41, 5.74) is 1.08. The van der Waals surface area contributed by atoms with Crippen LogP contribution in [0, 0.1) is 0 Å². The third-order valence-electron chi connectivity index (χ3n) is 2.85. The number of hydrogen-bond donors (Lipinski definition) is 1. The van der Waals surface area contributed by atoms with Crippen molar-refractivity contribution in [2.75, 3.05) is 7.05 Å². The molecule has 84 valence electrons. The molecule has 0 amide bonds. The molecular weight excluding hydrogens is 200 g/mol. The Labute approximate surface area is 94.7 Å². The number of aromatic nitrogens is 1. The molecule has 1 unspecified atom stereocenters. The van der Waals surface area contributed by atoms with E-state index in [1.54, 1.807) is 6.07 Å². The van der Waals surface area contributed by atoms with Gasteiger partial charge in [-0.15, -0.1) is 0 Å². The average Bonchev–Trinajstić information content (AvgIpc) is 2.33. The Hall–Kier alpha value is -1.61. The van der Waals surface area contributed by atoms with Crippen LogP contribution in [0.15, 0.2) is 41.3 Å². The third kappa shape index (κ3) is 1.99. The first kappa shape index (κ1) is 10.9. The minimum Gasteiger partial charge on any atom is -0.346 e. The van der Waals surface area contributed by atoms with Gasteiger partial charge in [0.15, 0.2) is 5.43 Å². The highest BCUT2D eigenvalue weighted by atomic mass is 16.1. The van der Waals surface area contributed by atoms with E-state index in [-0.39, 0.29) is 5.43 Å². The van der Waals surface area contributed by atoms with Gasteiger partial charge in [0.25, 0.3) is 0 Å². The number of hydrogen-bond acceptors (Lipinski definition) is 2. The molecule has 1 atom stereocenters. The molecule has 0 fully saturated rings. The van der Waals surface area contributed by atoms with Gasteiger partial charge >= 0.3 is 0 Å². The molecule has 0 aliphatic heterocycles. The minimum absolute atomic E-state index is 0.0870. The molecule has 1 aromatic heterocycles. The second-order valence-corrected chi connectivity index (χ2v) is 4.04. The van der Waals surface area contributed by atoms with E-state index in [4.69, 9.17) is 0 Å². The van der Waals surface area contributed by atoms with E-state index in [1.165, 1.54) is 0 Å². The van der Waals surface area contributed by atoms with E-state index >= 15 is 0 Å². The van der Waals surface area contributed by atoms with E-state index in [1.807, 2.05) is 37.5 Å². The molecular formula is C13H16N2O. The molecule has 2 rings (SSSR count). The van der Waals surface area contributed by atoms with Gasteiger partial charge in [-0.3, -0.25) is 4.79 Å². The van der Waals surface area contributed by atoms with Crippen molar-refractivity contribution < 1.29 is 0 Å². The van der Waals surface area contributed by atoms with Crippen LogP contribution in [0.2, 0.25) is 0 Å². The van der Waals surface area contributed by atoms with Crippen LogP contribution in [0.4, 0.5) is 0 Å². The van der Waals surface area contributed by atoms with E-state index in [0.717, 1.165) is 17.4 Å². The van der Waals surface area contributed by atoms with E-state index < -0.39 is 0 Å². The molecule has 3 nitrogen and oxygen atoms in total. The Morgan fingerprint density at radius 1 is 1.31 bits per heavy atom. The number of benzene rings is 1. The fourth-order valence-electron chi connectivity index (χ4n) is 1.81. The van der Waals surface area contributed by atoms with Gasteiger partial charge < -0.3 is 9.88 Å².